The summed E-state index contributed by atoms with van der Waals surface area (Å²) >= 11 is 0. The third-order valence-electron chi connectivity index (χ3n) is 1.90. The van der Waals surface area contributed by atoms with Crippen molar-refractivity contribution in [2.75, 3.05) is 0 Å². The van der Waals surface area contributed by atoms with E-state index < -0.39 is 10.2 Å². The number of hydrogen-bond acceptors (Lipinski definition) is 5. The Labute approximate surface area is 102 Å². The van der Waals surface area contributed by atoms with Crippen molar-refractivity contribution >= 4 is 0 Å². The molecular weight excluding hydrogens is 250 g/mol. The van der Waals surface area contributed by atoms with Gasteiger partial charge in [0.25, 0.3) is 0 Å². The Hall–Kier alpha value is -0.760. The molecule has 6 nitrogen and oxygen atoms in total. The number of rotatable bonds is 3. The van der Waals surface area contributed by atoms with Gasteiger partial charge in [-0.3, -0.25) is 0 Å². The van der Waals surface area contributed by atoms with Crippen molar-refractivity contribution in [2.45, 2.75) is 25.9 Å². The molecule has 0 fully saturated rings. The fourth-order valence-corrected chi connectivity index (χ4v) is 1.07. The van der Waals surface area contributed by atoms with Crippen LogP contribution in [-0.2, 0) is 13.5 Å². The number of nitrogens with zero attached hydrogens (tertiary/aromatic N) is 1. The normalized spacial score (nSPS) is 12.6. The molecule has 0 aromatic carbocycles. The first-order valence-corrected chi connectivity index (χ1v) is 6.16. The second kappa shape index (κ2) is 7.54. The second-order valence-electron chi connectivity index (χ2n) is 3.64. The maximum Gasteiger partial charge on any atom is 0.168 e. The van der Waals surface area contributed by atoms with Crippen LogP contribution in [0.5, 0.6) is 0 Å². The third-order valence-corrected chi connectivity index (χ3v) is 1.90. The van der Waals surface area contributed by atoms with Gasteiger partial charge in [0.2, 0.25) is 0 Å². The predicted molar refractivity (Wildman–Crippen MR) is 47.6 cm³/mol. The van der Waals surface area contributed by atoms with Gasteiger partial charge < -0.3 is 5.11 Å². The minimum absolute atomic E-state index is 0.195. The Morgan fingerprint density at radius 1 is 1.24 bits per heavy atom. The van der Waals surface area contributed by atoms with Gasteiger partial charge in [0.15, 0.2) is 12.4 Å². The summed E-state index contributed by atoms with van der Waals surface area (Å²) in [5.41, 5.74) is 1.29. The average molecular weight is 266 g/mol. The van der Waals surface area contributed by atoms with Gasteiger partial charge in [0, 0.05) is 12.1 Å². The van der Waals surface area contributed by atoms with Crippen LogP contribution in [0.3, 0.4) is 0 Å². The highest BCUT2D eigenvalue weighted by Crippen LogP contribution is 2.02. The van der Waals surface area contributed by atoms with Gasteiger partial charge in [-0.2, -0.15) is 0 Å². The first-order valence-electron chi connectivity index (χ1n) is 4.92. The van der Waals surface area contributed by atoms with Crippen LogP contribution in [0.1, 0.15) is 18.9 Å². The molecule has 1 aromatic heterocycles. The quantitative estimate of drug-likeness (QED) is 0.560. The van der Waals surface area contributed by atoms with Crippen LogP contribution in [0.2, 0.25) is 0 Å². The molecular formula is C10H16ClNO5. The van der Waals surface area contributed by atoms with Crippen LogP contribution in [0.25, 0.3) is 0 Å². The summed E-state index contributed by atoms with van der Waals surface area (Å²) in [6.45, 7) is 1.82. The molecule has 0 spiro atoms. The van der Waals surface area contributed by atoms with Crippen molar-refractivity contribution in [1.29, 1.82) is 0 Å². The molecule has 0 aliphatic carbocycles. The van der Waals surface area contributed by atoms with E-state index in [0.717, 1.165) is 12.8 Å². The van der Waals surface area contributed by atoms with Crippen LogP contribution in [0.15, 0.2) is 24.5 Å². The molecule has 0 bridgehead atoms. The molecule has 1 aromatic rings. The number of pyridine rings is 1. The summed E-state index contributed by atoms with van der Waals surface area (Å²) in [7, 11) is -2.95. The van der Waals surface area contributed by atoms with Crippen molar-refractivity contribution in [1.82, 2.24) is 0 Å². The minimum atomic E-state index is -4.94. The Morgan fingerprint density at radius 3 is 2.00 bits per heavy atom. The molecule has 1 heterocycles. The maximum absolute atomic E-state index is 9.06. The Morgan fingerprint density at radius 2 is 1.65 bits per heavy atom. The number of aliphatic hydroxyl groups excluding tert-OH is 1. The van der Waals surface area contributed by atoms with Crippen molar-refractivity contribution in [3.05, 3.63) is 30.1 Å². The van der Waals surface area contributed by atoms with Gasteiger partial charge >= 0.3 is 0 Å². The Bertz CT molecular complexity index is 303. The van der Waals surface area contributed by atoms with Gasteiger partial charge in [-0.25, -0.2) is 23.2 Å². The van der Waals surface area contributed by atoms with Gasteiger partial charge in [-0.15, -0.1) is 10.2 Å². The summed E-state index contributed by atoms with van der Waals surface area (Å²) in [6, 6.07) is 4.17. The number of aromatic nitrogens is 1. The highest BCUT2D eigenvalue weighted by molar-refractivity contribution is 5.07. The molecule has 7 heteroatoms. The zero-order valence-corrected chi connectivity index (χ0v) is 10.5. The van der Waals surface area contributed by atoms with Crippen LogP contribution >= 0.6 is 0 Å². The second-order valence-corrected chi connectivity index (χ2v) is 4.39. The zero-order valence-electron chi connectivity index (χ0n) is 9.71. The number of halogens is 1. The summed E-state index contributed by atoms with van der Waals surface area (Å²) in [5.74, 6) is 0. The lowest BCUT2D eigenvalue weighted by molar-refractivity contribution is -2.00. The highest BCUT2D eigenvalue weighted by Gasteiger charge is 1.98. The van der Waals surface area contributed by atoms with E-state index in [1.54, 1.807) is 0 Å². The van der Waals surface area contributed by atoms with Crippen molar-refractivity contribution < 1.29 is 38.6 Å². The molecule has 0 aliphatic heterocycles. The van der Waals surface area contributed by atoms with Crippen molar-refractivity contribution in [3.63, 3.8) is 0 Å². The molecule has 0 amide bonds. The number of aliphatic hydroxyl groups is 1. The fraction of sp³-hybridized carbons (Fsp3) is 0.500. The summed E-state index contributed by atoms with van der Waals surface area (Å²) in [6.07, 6.45) is 5.65. The summed E-state index contributed by atoms with van der Waals surface area (Å²) in [5, 5.41) is 9.06. The van der Waals surface area contributed by atoms with Crippen molar-refractivity contribution in [2.24, 2.45) is 7.05 Å². The van der Waals surface area contributed by atoms with E-state index in [4.69, 9.17) is 23.7 Å². The van der Waals surface area contributed by atoms with Gasteiger partial charge in [-0.05, 0) is 25.3 Å². The molecule has 0 saturated carbocycles. The largest absolute Gasteiger partial charge is 0.393 e. The lowest BCUT2D eigenvalue weighted by Gasteiger charge is -2.17. The standard InChI is InChI=1S/C10H16NO.ClHO4/c1-9(12)3-4-10-5-7-11(2)8-6-10;2-1(3,4)5/h5-9,12H,3-4H2,1-2H3;(H,2,3,4,5)/q+1;/p-1. The topological polar surface area (TPSA) is 116 Å². The molecule has 0 radical (unpaired) electrons. The Kier molecular flexibility index (Phi) is 7.21. The first kappa shape index (κ1) is 16.2. The van der Waals surface area contributed by atoms with E-state index in [-0.39, 0.29) is 6.10 Å². The van der Waals surface area contributed by atoms with Gasteiger partial charge in [0.1, 0.15) is 7.05 Å². The minimum Gasteiger partial charge on any atom is -0.393 e. The smallest absolute Gasteiger partial charge is 0.168 e. The lowest BCUT2D eigenvalue weighted by Crippen LogP contribution is -2.68. The molecule has 0 aliphatic rings. The first-order chi connectivity index (χ1) is 7.68. The third kappa shape index (κ3) is 13.2. The summed E-state index contributed by atoms with van der Waals surface area (Å²) in [4.78, 5) is 0. The molecule has 1 unspecified atom stereocenters. The Balaban J connectivity index is 0.000000437. The monoisotopic (exact) mass is 265 g/mol. The molecule has 0 saturated heterocycles. The summed E-state index contributed by atoms with van der Waals surface area (Å²) < 4.78 is 36.0. The highest BCUT2D eigenvalue weighted by atomic mass is 35.7. The maximum atomic E-state index is 9.06. The zero-order chi connectivity index (χ0) is 13.5. The molecule has 17 heavy (non-hydrogen) atoms. The van der Waals surface area contributed by atoms with Crippen LogP contribution in [0, 0.1) is 10.2 Å². The number of aryl methyl sites for hydroxylation is 2. The van der Waals surface area contributed by atoms with E-state index in [0.29, 0.717) is 0 Å². The molecule has 1 atom stereocenters. The molecule has 98 valence electrons. The lowest BCUT2D eigenvalue weighted by atomic mass is 10.1. The van der Waals surface area contributed by atoms with E-state index in [2.05, 4.69) is 12.1 Å². The fourth-order valence-electron chi connectivity index (χ4n) is 1.07. The van der Waals surface area contributed by atoms with E-state index in [1.807, 2.05) is 30.9 Å². The molecule has 1 N–H and O–H groups in total. The van der Waals surface area contributed by atoms with Gasteiger partial charge in [-0.1, -0.05) is 0 Å². The van der Waals surface area contributed by atoms with E-state index in [9.17, 15) is 0 Å². The van der Waals surface area contributed by atoms with E-state index in [1.165, 1.54) is 5.56 Å². The van der Waals surface area contributed by atoms with E-state index >= 15 is 0 Å². The predicted octanol–water partition coefficient (Wildman–Crippen LogP) is -3.93. The van der Waals surface area contributed by atoms with Crippen LogP contribution in [0.4, 0.5) is 0 Å². The van der Waals surface area contributed by atoms with Crippen LogP contribution < -0.4 is 23.2 Å². The average Bonchev–Trinajstić information content (AvgIpc) is 2.14. The van der Waals surface area contributed by atoms with Crippen molar-refractivity contribution in [3.8, 4) is 0 Å². The van der Waals surface area contributed by atoms with Crippen LogP contribution in [-0.4, -0.2) is 11.2 Å². The number of hydrogen-bond donors (Lipinski definition) is 1. The van der Waals surface area contributed by atoms with Gasteiger partial charge in [0.05, 0.1) is 6.10 Å². The molecule has 1 rings (SSSR count). The SMILES string of the molecule is CC(O)CCc1cc[n+](C)cc1.[O-][Cl+3]([O-])([O-])[O-].